The van der Waals surface area contributed by atoms with Gasteiger partial charge >= 0.3 is 6.03 Å². The van der Waals surface area contributed by atoms with Gasteiger partial charge in [-0.05, 0) is 25.7 Å². The smallest absolute Gasteiger partial charge is 0.317 e. The lowest BCUT2D eigenvalue weighted by Gasteiger charge is -2.41. The number of nitrogens with zero attached hydrogens (tertiary/aromatic N) is 4. The van der Waals surface area contributed by atoms with E-state index in [-0.39, 0.29) is 11.4 Å². The highest BCUT2D eigenvalue weighted by atomic mass is 16.5. The summed E-state index contributed by atoms with van der Waals surface area (Å²) in [5.41, 5.74) is -0.114. The van der Waals surface area contributed by atoms with Crippen molar-refractivity contribution in [3.05, 3.63) is 11.8 Å². The Bertz CT molecular complexity index is 675. The number of hydrogen-bond donors (Lipinski definition) is 1. The van der Waals surface area contributed by atoms with Gasteiger partial charge in [0.25, 0.3) is 0 Å². The van der Waals surface area contributed by atoms with E-state index in [0.29, 0.717) is 31.0 Å². The van der Waals surface area contributed by atoms with Crippen molar-refractivity contribution in [3.63, 3.8) is 0 Å². The Morgan fingerprint density at radius 2 is 2.14 bits per heavy atom. The Hall–Kier alpha value is -1.67. The van der Waals surface area contributed by atoms with Crippen molar-refractivity contribution in [2.45, 2.75) is 56.9 Å². The molecule has 3 heterocycles. The van der Waals surface area contributed by atoms with Crippen LogP contribution in [-0.4, -0.2) is 78.5 Å². The van der Waals surface area contributed by atoms with Gasteiger partial charge in [0, 0.05) is 65.3 Å². The number of methoxy groups -OCH3 is 1. The standard InChI is InChI=1S/C20H33N5O3/c1-15-22-23-18(28-15)20-8-10-24(19(26)21-9-5-11-27-2)12-16(20)13-25(14-20)17-6-3-4-7-17/h16-17H,3-14H2,1-2H3,(H,21,26)/t16-,20-/m0/s1. The van der Waals surface area contributed by atoms with Crippen LogP contribution in [0.4, 0.5) is 4.79 Å². The number of carbonyl (C=O) groups excluding carboxylic acids is 1. The highest BCUT2D eigenvalue weighted by Gasteiger charge is 2.55. The number of ether oxygens (including phenoxy) is 1. The van der Waals surface area contributed by atoms with Crippen LogP contribution in [-0.2, 0) is 10.2 Å². The molecule has 8 nitrogen and oxygen atoms in total. The summed E-state index contributed by atoms with van der Waals surface area (Å²) in [5, 5.41) is 11.6. The summed E-state index contributed by atoms with van der Waals surface area (Å²) >= 11 is 0. The van der Waals surface area contributed by atoms with E-state index in [2.05, 4.69) is 20.4 Å². The summed E-state index contributed by atoms with van der Waals surface area (Å²) in [7, 11) is 1.68. The highest BCUT2D eigenvalue weighted by Crippen LogP contribution is 2.46. The fraction of sp³-hybridized carbons (Fsp3) is 0.850. The molecule has 1 N–H and O–H groups in total. The minimum absolute atomic E-state index is 0.0331. The van der Waals surface area contributed by atoms with Gasteiger partial charge < -0.3 is 19.4 Å². The van der Waals surface area contributed by atoms with Crippen molar-refractivity contribution in [2.75, 3.05) is 46.4 Å². The molecule has 3 aliphatic rings. The van der Waals surface area contributed by atoms with Crippen LogP contribution in [0, 0.1) is 12.8 Å². The number of rotatable bonds is 6. The van der Waals surface area contributed by atoms with Crippen LogP contribution in [0.25, 0.3) is 0 Å². The van der Waals surface area contributed by atoms with Crippen LogP contribution < -0.4 is 5.32 Å². The van der Waals surface area contributed by atoms with Gasteiger partial charge in [-0.2, -0.15) is 0 Å². The number of hydrogen-bond acceptors (Lipinski definition) is 6. The maximum Gasteiger partial charge on any atom is 0.317 e. The van der Waals surface area contributed by atoms with Gasteiger partial charge in [-0.25, -0.2) is 4.79 Å². The Kier molecular flexibility index (Phi) is 5.87. The van der Waals surface area contributed by atoms with Crippen molar-refractivity contribution in [1.29, 1.82) is 0 Å². The molecular formula is C20H33N5O3. The second-order valence-corrected chi connectivity index (χ2v) is 8.62. The fourth-order valence-corrected chi connectivity index (χ4v) is 5.32. The van der Waals surface area contributed by atoms with Crippen LogP contribution in [0.15, 0.2) is 4.42 Å². The molecular weight excluding hydrogens is 358 g/mol. The van der Waals surface area contributed by atoms with Crippen molar-refractivity contribution in [1.82, 2.24) is 25.3 Å². The van der Waals surface area contributed by atoms with Gasteiger partial charge in [0.15, 0.2) is 0 Å². The third-order valence-corrected chi connectivity index (χ3v) is 6.87. The Labute approximate surface area is 167 Å². The molecule has 0 radical (unpaired) electrons. The molecule has 2 aliphatic heterocycles. The van der Waals surface area contributed by atoms with Crippen molar-refractivity contribution in [2.24, 2.45) is 5.92 Å². The van der Waals surface area contributed by atoms with Crippen LogP contribution in [0.5, 0.6) is 0 Å². The number of likely N-dealkylation sites (tertiary alicyclic amines) is 2. The first-order valence-corrected chi connectivity index (χ1v) is 10.7. The van der Waals surface area contributed by atoms with Gasteiger partial charge in [0.05, 0.1) is 5.41 Å². The summed E-state index contributed by atoms with van der Waals surface area (Å²) in [6, 6.07) is 0.702. The largest absolute Gasteiger partial charge is 0.425 e. The molecule has 2 amide bonds. The number of amides is 2. The molecule has 8 heteroatoms. The molecule has 0 unspecified atom stereocenters. The third-order valence-electron chi connectivity index (χ3n) is 6.87. The molecule has 156 valence electrons. The second-order valence-electron chi connectivity index (χ2n) is 8.62. The first-order valence-electron chi connectivity index (χ1n) is 10.7. The zero-order valence-corrected chi connectivity index (χ0v) is 17.2. The number of fused-ring (bicyclic) bond motifs is 1. The number of nitrogens with one attached hydrogen (secondary N) is 1. The van der Waals surface area contributed by atoms with Crippen molar-refractivity contribution < 1.29 is 13.9 Å². The number of carbonyl (C=O) groups is 1. The SMILES string of the molecule is COCCCNC(=O)N1CC[C@]2(c3nnc(C)o3)CN(C3CCCC3)C[C@@H]2C1. The van der Waals surface area contributed by atoms with E-state index in [0.717, 1.165) is 44.9 Å². The lowest BCUT2D eigenvalue weighted by molar-refractivity contribution is 0.116. The quantitative estimate of drug-likeness (QED) is 0.746. The Morgan fingerprint density at radius 3 is 2.86 bits per heavy atom. The minimum Gasteiger partial charge on any atom is -0.425 e. The molecule has 0 bridgehead atoms. The van der Waals surface area contributed by atoms with Crippen molar-refractivity contribution in [3.8, 4) is 0 Å². The van der Waals surface area contributed by atoms with E-state index in [1.54, 1.807) is 7.11 Å². The molecule has 1 aromatic heterocycles. The van der Waals surface area contributed by atoms with E-state index in [1.807, 2.05) is 11.8 Å². The lowest BCUT2D eigenvalue weighted by atomic mass is 9.72. The number of aromatic nitrogens is 2. The van der Waals surface area contributed by atoms with E-state index in [4.69, 9.17) is 9.15 Å². The van der Waals surface area contributed by atoms with Gasteiger partial charge in [0.1, 0.15) is 0 Å². The third kappa shape index (κ3) is 3.76. The molecule has 0 spiro atoms. The summed E-state index contributed by atoms with van der Waals surface area (Å²) in [6.07, 6.45) is 6.95. The number of aryl methyl sites for hydroxylation is 1. The lowest BCUT2D eigenvalue weighted by Crippen LogP contribution is -2.54. The summed E-state index contributed by atoms with van der Waals surface area (Å²) < 4.78 is 11.0. The van der Waals surface area contributed by atoms with Crippen LogP contribution in [0.1, 0.15) is 50.3 Å². The maximum atomic E-state index is 12.6. The predicted molar refractivity (Wildman–Crippen MR) is 104 cm³/mol. The average molecular weight is 392 g/mol. The zero-order valence-electron chi connectivity index (χ0n) is 17.2. The molecule has 2 saturated heterocycles. The Morgan fingerprint density at radius 1 is 1.32 bits per heavy atom. The first kappa shape index (κ1) is 19.6. The van der Waals surface area contributed by atoms with E-state index < -0.39 is 0 Å². The summed E-state index contributed by atoms with van der Waals surface area (Å²) in [5.74, 6) is 1.74. The topological polar surface area (TPSA) is 83.7 Å². The molecule has 28 heavy (non-hydrogen) atoms. The summed E-state index contributed by atoms with van der Waals surface area (Å²) in [6.45, 7) is 6.64. The molecule has 1 saturated carbocycles. The maximum absolute atomic E-state index is 12.6. The van der Waals surface area contributed by atoms with Gasteiger partial charge in [-0.3, -0.25) is 4.90 Å². The van der Waals surface area contributed by atoms with Gasteiger partial charge in [0.2, 0.25) is 11.8 Å². The molecule has 2 atom stereocenters. The van der Waals surface area contributed by atoms with Crippen LogP contribution in [0.2, 0.25) is 0 Å². The van der Waals surface area contributed by atoms with Crippen LogP contribution in [0.3, 0.4) is 0 Å². The van der Waals surface area contributed by atoms with E-state index >= 15 is 0 Å². The van der Waals surface area contributed by atoms with Gasteiger partial charge in [-0.15, -0.1) is 10.2 Å². The van der Waals surface area contributed by atoms with E-state index in [1.165, 1.54) is 25.7 Å². The molecule has 1 aromatic rings. The van der Waals surface area contributed by atoms with E-state index in [9.17, 15) is 4.79 Å². The van der Waals surface area contributed by atoms with Crippen LogP contribution >= 0.6 is 0 Å². The Balaban J connectivity index is 1.47. The number of piperidine rings is 1. The molecule has 4 rings (SSSR count). The molecule has 0 aromatic carbocycles. The van der Waals surface area contributed by atoms with Gasteiger partial charge in [-0.1, -0.05) is 12.8 Å². The van der Waals surface area contributed by atoms with Crippen molar-refractivity contribution >= 4 is 6.03 Å². The minimum atomic E-state index is -0.114. The first-order chi connectivity index (χ1) is 13.6. The normalized spacial score (nSPS) is 28.6. The zero-order chi connectivity index (χ0) is 19.6. The summed E-state index contributed by atoms with van der Waals surface area (Å²) in [4.78, 5) is 17.2. The molecule has 1 aliphatic carbocycles. The second kappa shape index (κ2) is 8.37. The fourth-order valence-electron chi connectivity index (χ4n) is 5.32. The predicted octanol–water partition coefficient (Wildman–Crippen LogP) is 1.94. The number of urea groups is 1. The molecule has 3 fully saturated rings. The average Bonchev–Trinajstić information content (AvgIpc) is 3.43. The highest BCUT2D eigenvalue weighted by molar-refractivity contribution is 5.74. The monoisotopic (exact) mass is 391 g/mol.